The molecule has 0 spiro atoms. The van der Waals surface area contributed by atoms with Crippen LogP contribution in [-0.2, 0) is 0 Å². The van der Waals surface area contributed by atoms with E-state index in [2.05, 4.69) is 121 Å². The first-order chi connectivity index (χ1) is 18.9. The molecule has 0 aliphatic carbocycles. The standard InChI is InChI=1S/C36H44As2/c1(3-5-7-21-31-37(33-23-13-9-14-24-33)34-25-15-10-16-26-34)2-4-6-8-22-32-38(35-27-17-11-18-28-35)36-29-19-12-20-30-36/h9-20,23-30H,1-8,21-22,31-32H2. The fourth-order valence-corrected chi connectivity index (χ4v) is 15.3. The zero-order valence-corrected chi connectivity index (χ0v) is 26.7. The van der Waals surface area contributed by atoms with Crippen LogP contribution in [0.5, 0.6) is 0 Å². The van der Waals surface area contributed by atoms with Gasteiger partial charge in [0.25, 0.3) is 0 Å². The molecule has 0 fully saturated rings. The summed E-state index contributed by atoms with van der Waals surface area (Å²) in [5.74, 6) is 0. The number of hydrogen-bond acceptors (Lipinski definition) is 0. The van der Waals surface area contributed by atoms with Gasteiger partial charge in [0.1, 0.15) is 0 Å². The maximum atomic E-state index is 2.36. The Morgan fingerprint density at radius 1 is 0.263 bits per heavy atom. The SMILES string of the molecule is c1ccc([As](CCCCCCCCCCCC[As](c2ccccc2)c2ccccc2)c2ccccc2)cc1. The van der Waals surface area contributed by atoms with Crippen LogP contribution in [0.4, 0.5) is 0 Å². The Kier molecular flexibility index (Phi) is 13.4. The monoisotopic (exact) mass is 626 g/mol. The van der Waals surface area contributed by atoms with Crippen LogP contribution in [0, 0.1) is 0 Å². The molecule has 38 heavy (non-hydrogen) atoms. The molecule has 0 aliphatic heterocycles. The van der Waals surface area contributed by atoms with Gasteiger partial charge in [0.05, 0.1) is 0 Å². The molecule has 0 amide bonds. The summed E-state index contributed by atoms with van der Waals surface area (Å²) in [4.78, 5) is 0. The summed E-state index contributed by atoms with van der Waals surface area (Å²) in [5, 5.41) is 2.80. The molecule has 4 rings (SSSR count). The van der Waals surface area contributed by atoms with E-state index in [0.29, 0.717) is 0 Å². The van der Waals surface area contributed by atoms with E-state index in [1.54, 1.807) is 17.4 Å². The Balaban J connectivity index is 1.07. The van der Waals surface area contributed by atoms with Crippen molar-refractivity contribution in [2.75, 3.05) is 0 Å². The fourth-order valence-electron chi connectivity index (χ4n) is 5.20. The molecular formula is C36H44As2. The molecule has 4 aromatic carbocycles. The molecule has 198 valence electrons. The van der Waals surface area contributed by atoms with Crippen LogP contribution in [0.15, 0.2) is 121 Å². The van der Waals surface area contributed by atoms with Gasteiger partial charge in [-0.05, 0) is 0 Å². The molecule has 0 heterocycles. The molecule has 0 unspecified atom stereocenters. The van der Waals surface area contributed by atoms with Crippen LogP contribution >= 0.6 is 0 Å². The summed E-state index contributed by atoms with van der Waals surface area (Å²) < 4.78 is 6.42. The molecule has 4 aromatic rings. The molecule has 0 saturated carbocycles. The zero-order valence-electron chi connectivity index (χ0n) is 22.9. The Morgan fingerprint density at radius 3 is 0.711 bits per heavy atom. The average Bonchev–Trinajstić information content (AvgIpc) is 2.99. The number of hydrogen-bond donors (Lipinski definition) is 0. The Morgan fingerprint density at radius 2 is 0.474 bits per heavy atom. The van der Waals surface area contributed by atoms with Crippen molar-refractivity contribution < 1.29 is 0 Å². The van der Waals surface area contributed by atoms with Crippen molar-refractivity contribution in [3.05, 3.63) is 121 Å². The number of benzene rings is 4. The Bertz CT molecular complexity index is 941. The van der Waals surface area contributed by atoms with Crippen molar-refractivity contribution in [3.63, 3.8) is 0 Å². The van der Waals surface area contributed by atoms with Crippen LogP contribution in [0.1, 0.15) is 64.2 Å². The van der Waals surface area contributed by atoms with Gasteiger partial charge in [-0.15, -0.1) is 0 Å². The molecule has 0 nitrogen and oxygen atoms in total. The number of unbranched alkanes of at least 4 members (excludes halogenated alkanes) is 9. The van der Waals surface area contributed by atoms with Gasteiger partial charge in [0.15, 0.2) is 0 Å². The third-order valence-corrected chi connectivity index (χ3v) is 18.2. The van der Waals surface area contributed by atoms with Gasteiger partial charge in [-0.3, -0.25) is 0 Å². The first-order valence-electron chi connectivity index (χ1n) is 14.7. The molecule has 0 aromatic heterocycles. The molecular weight excluding hydrogens is 582 g/mol. The molecule has 0 aliphatic rings. The summed E-state index contributed by atoms with van der Waals surface area (Å²) in [6, 6.07) is 45.2. The Hall–Kier alpha value is -2.00. The van der Waals surface area contributed by atoms with Crippen LogP contribution < -0.4 is 17.4 Å². The summed E-state index contributed by atoms with van der Waals surface area (Å²) in [5.41, 5.74) is 0. The van der Waals surface area contributed by atoms with E-state index in [9.17, 15) is 0 Å². The fraction of sp³-hybridized carbons (Fsp3) is 0.333. The van der Waals surface area contributed by atoms with E-state index in [-0.39, 0.29) is 0 Å². The van der Waals surface area contributed by atoms with Gasteiger partial charge in [-0.1, -0.05) is 0 Å². The van der Waals surface area contributed by atoms with Gasteiger partial charge in [-0.25, -0.2) is 0 Å². The van der Waals surface area contributed by atoms with E-state index in [0.717, 1.165) is 0 Å². The first kappa shape index (κ1) is 29.0. The summed E-state index contributed by atoms with van der Waals surface area (Å²) >= 11 is -2.31. The predicted molar refractivity (Wildman–Crippen MR) is 172 cm³/mol. The summed E-state index contributed by atoms with van der Waals surface area (Å²) in [6.07, 6.45) is 14.1. The van der Waals surface area contributed by atoms with E-state index < -0.39 is 29.3 Å². The molecule has 0 bridgehead atoms. The molecule has 2 heteroatoms. The van der Waals surface area contributed by atoms with E-state index >= 15 is 0 Å². The maximum absolute atomic E-state index is 2.36. The van der Waals surface area contributed by atoms with Gasteiger partial charge >= 0.3 is 243 Å². The van der Waals surface area contributed by atoms with Crippen molar-refractivity contribution >= 4 is 46.7 Å². The van der Waals surface area contributed by atoms with Crippen LogP contribution in [-0.4, -0.2) is 29.3 Å². The van der Waals surface area contributed by atoms with Crippen LogP contribution in [0.3, 0.4) is 0 Å². The average molecular weight is 627 g/mol. The normalized spacial score (nSPS) is 11.3. The quantitative estimate of drug-likeness (QED) is 0.0841. The second-order valence-electron chi connectivity index (χ2n) is 10.2. The van der Waals surface area contributed by atoms with E-state index in [1.165, 1.54) is 74.6 Å². The molecule has 0 atom stereocenters. The second kappa shape index (κ2) is 17.6. The Labute approximate surface area is 241 Å². The number of rotatable bonds is 17. The van der Waals surface area contributed by atoms with E-state index in [1.807, 2.05) is 0 Å². The molecule has 0 saturated heterocycles. The third kappa shape index (κ3) is 9.95. The molecule has 0 radical (unpaired) electrons. The van der Waals surface area contributed by atoms with Crippen molar-refractivity contribution in [2.45, 2.75) is 74.6 Å². The van der Waals surface area contributed by atoms with Crippen LogP contribution in [0.2, 0.25) is 10.4 Å². The predicted octanol–water partition coefficient (Wildman–Crippen LogP) is 7.51. The zero-order chi connectivity index (χ0) is 26.1. The van der Waals surface area contributed by atoms with E-state index in [4.69, 9.17) is 0 Å². The van der Waals surface area contributed by atoms with Gasteiger partial charge < -0.3 is 0 Å². The minimum absolute atomic E-state index is 1.16. The van der Waals surface area contributed by atoms with Crippen molar-refractivity contribution in [2.24, 2.45) is 0 Å². The summed E-state index contributed by atoms with van der Waals surface area (Å²) in [6.45, 7) is 0. The second-order valence-corrected chi connectivity index (χ2v) is 20.0. The van der Waals surface area contributed by atoms with Crippen LogP contribution in [0.25, 0.3) is 0 Å². The van der Waals surface area contributed by atoms with Gasteiger partial charge in [-0.2, -0.15) is 0 Å². The third-order valence-electron chi connectivity index (χ3n) is 7.28. The van der Waals surface area contributed by atoms with Gasteiger partial charge in [0, 0.05) is 0 Å². The summed E-state index contributed by atoms with van der Waals surface area (Å²) in [7, 11) is 0. The van der Waals surface area contributed by atoms with Crippen molar-refractivity contribution in [3.8, 4) is 0 Å². The van der Waals surface area contributed by atoms with Crippen molar-refractivity contribution in [1.29, 1.82) is 0 Å². The first-order valence-corrected chi connectivity index (χ1v) is 21.1. The van der Waals surface area contributed by atoms with Gasteiger partial charge in [0.2, 0.25) is 0 Å². The topological polar surface area (TPSA) is 0 Å². The molecule has 0 N–H and O–H groups in total. The minimum atomic E-state index is -1.16. The van der Waals surface area contributed by atoms with Crippen molar-refractivity contribution in [1.82, 2.24) is 0 Å².